The monoisotopic (exact) mass is 248 g/mol. The highest BCUT2D eigenvalue weighted by Gasteiger charge is 2.06. The number of anilines is 1. The molecule has 0 spiro atoms. The van der Waals surface area contributed by atoms with Crippen LogP contribution in [0.25, 0.3) is 0 Å². The normalized spacial score (nSPS) is 9.94. The van der Waals surface area contributed by atoms with E-state index in [9.17, 15) is 0 Å². The van der Waals surface area contributed by atoms with E-state index in [1.54, 1.807) is 25.1 Å². The number of aryl methyl sites for hydroxylation is 1. The summed E-state index contributed by atoms with van der Waals surface area (Å²) in [5, 5.41) is 19.9. The molecule has 0 amide bonds. The number of benzene rings is 1. The molecule has 0 fully saturated rings. The van der Waals surface area contributed by atoms with Gasteiger partial charge in [-0.1, -0.05) is 21.9 Å². The Kier molecular flexibility index (Phi) is 3.26. The molecule has 0 aliphatic carbocycles. The minimum absolute atomic E-state index is 0.448. The maximum atomic E-state index is 8.79. The van der Waals surface area contributed by atoms with E-state index in [1.807, 2.05) is 0 Å². The van der Waals surface area contributed by atoms with Crippen LogP contribution in [0.5, 0.6) is 0 Å². The van der Waals surface area contributed by atoms with Gasteiger partial charge in [0.15, 0.2) is 0 Å². The van der Waals surface area contributed by atoms with Crippen molar-refractivity contribution in [1.29, 1.82) is 5.26 Å². The first-order valence-electron chi connectivity index (χ1n) is 4.92. The molecule has 0 saturated heterocycles. The fourth-order valence-electron chi connectivity index (χ4n) is 1.32. The Hall–Kier alpha value is -2.06. The van der Waals surface area contributed by atoms with Gasteiger partial charge in [0.05, 0.1) is 28.9 Å². The molecular formula is C11H9ClN4O. The third-order valence-corrected chi connectivity index (χ3v) is 2.62. The zero-order valence-corrected chi connectivity index (χ0v) is 9.82. The lowest BCUT2D eigenvalue weighted by atomic mass is 10.2. The van der Waals surface area contributed by atoms with E-state index in [0.29, 0.717) is 28.5 Å². The van der Waals surface area contributed by atoms with Crippen LogP contribution < -0.4 is 5.32 Å². The van der Waals surface area contributed by atoms with E-state index < -0.39 is 0 Å². The highest BCUT2D eigenvalue weighted by Crippen LogP contribution is 2.23. The standard InChI is InChI=1S/C11H9ClN4O/c1-7-11(16-17-15-7)6-14-10-4-8(5-13)2-3-9(10)12/h2-4,14H,6H2,1H3. The quantitative estimate of drug-likeness (QED) is 0.903. The van der Waals surface area contributed by atoms with Crippen molar-refractivity contribution in [2.24, 2.45) is 0 Å². The molecule has 5 nitrogen and oxygen atoms in total. The number of halogens is 1. The number of nitrogens with one attached hydrogen (secondary N) is 1. The number of hydrogen-bond acceptors (Lipinski definition) is 5. The first-order valence-corrected chi connectivity index (χ1v) is 5.30. The van der Waals surface area contributed by atoms with E-state index in [1.165, 1.54) is 0 Å². The Bertz CT molecular complexity index is 573. The molecule has 1 aromatic heterocycles. The van der Waals surface area contributed by atoms with Crippen molar-refractivity contribution in [3.8, 4) is 6.07 Å². The van der Waals surface area contributed by atoms with Crippen molar-refractivity contribution in [2.45, 2.75) is 13.5 Å². The second-order valence-corrected chi connectivity index (χ2v) is 3.86. The summed E-state index contributed by atoms with van der Waals surface area (Å²) < 4.78 is 4.58. The summed E-state index contributed by atoms with van der Waals surface area (Å²) in [5.74, 6) is 0. The van der Waals surface area contributed by atoms with Gasteiger partial charge in [0, 0.05) is 0 Å². The number of rotatable bonds is 3. The summed E-state index contributed by atoms with van der Waals surface area (Å²) in [6.07, 6.45) is 0. The van der Waals surface area contributed by atoms with Gasteiger partial charge in [0.2, 0.25) is 0 Å². The Labute approximate surface area is 103 Å². The van der Waals surface area contributed by atoms with Gasteiger partial charge in [0.1, 0.15) is 11.4 Å². The molecule has 0 atom stereocenters. The molecule has 0 bridgehead atoms. The smallest absolute Gasteiger partial charge is 0.127 e. The first kappa shape index (κ1) is 11.4. The molecule has 0 unspecified atom stereocenters. The van der Waals surface area contributed by atoms with Crippen LogP contribution in [0.3, 0.4) is 0 Å². The van der Waals surface area contributed by atoms with Crippen LogP contribution in [-0.4, -0.2) is 10.3 Å². The molecular weight excluding hydrogens is 240 g/mol. The van der Waals surface area contributed by atoms with Gasteiger partial charge in [-0.2, -0.15) is 5.26 Å². The second-order valence-electron chi connectivity index (χ2n) is 3.46. The van der Waals surface area contributed by atoms with Crippen molar-refractivity contribution < 1.29 is 4.63 Å². The van der Waals surface area contributed by atoms with E-state index in [-0.39, 0.29) is 0 Å². The summed E-state index contributed by atoms with van der Waals surface area (Å²) in [4.78, 5) is 0. The van der Waals surface area contributed by atoms with E-state index >= 15 is 0 Å². The predicted molar refractivity (Wildman–Crippen MR) is 62.5 cm³/mol. The summed E-state index contributed by atoms with van der Waals surface area (Å²) in [7, 11) is 0. The predicted octanol–water partition coefficient (Wildman–Crippen LogP) is 2.52. The number of nitriles is 1. The molecule has 2 aromatic rings. The van der Waals surface area contributed by atoms with Crippen LogP contribution in [0, 0.1) is 18.3 Å². The summed E-state index contributed by atoms with van der Waals surface area (Å²) in [6, 6.07) is 7.08. The molecule has 1 N–H and O–H groups in total. The maximum Gasteiger partial charge on any atom is 0.127 e. The number of aromatic nitrogens is 2. The first-order chi connectivity index (χ1) is 8.20. The molecule has 1 aromatic carbocycles. The highest BCUT2D eigenvalue weighted by atomic mass is 35.5. The van der Waals surface area contributed by atoms with E-state index in [0.717, 1.165) is 5.69 Å². The summed E-state index contributed by atoms with van der Waals surface area (Å²) >= 11 is 6.00. The molecule has 17 heavy (non-hydrogen) atoms. The lowest BCUT2D eigenvalue weighted by Gasteiger charge is -2.06. The molecule has 86 valence electrons. The van der Waals surface area contributed by atoms with Crippen LogP contribution in [0.15, 0.2) is 22.8 Å². The molecule has 2 rings (SSSR count). The maximum absolute atomic E-state index is 8.79. The van der Waals surface area contributed by atoms with Crippen molar-refractivity contribution in [2.75, 3.05) is 5.32 Å². The average Bonchev–Trinajstić information content (AvgIpc) is 2.74. The second kappa shape index (κ2) is 4.85. The van der Waals surface area contributed by atoms with Crippen LogP contribution in [0.2, 0.25) is 5.02 Å². The SMILES string of the molecule is Cc1nonc1CNc1cc(C#N)ccc1Cl. The van der Waals surface area contributed by atoms with Gasteiger partial charge in [-0.3, -0.25) is 0 Å². The molecule has 0 aliphatic heterocycles. The van der Waals surface area contributed by atoms with Gasteiger partial charge >= 0.3 is 0 Å². The molecule has 0 radical (unpaired) electrons. The molecule has 6 heteroatoms. The Morgan fingerprint density at radius 3 is 2.94 bits per heavy atom. The van der Waals surface area contributed by atoms with E-state index in [2.05, 4.69) is 26.3 Å². The third-order valence-electron chi connectivity index (χ3n) is 2.29. The van der Waals surface area contributed by atoms with Gasteiger partial charge in [0.25, 0.3) is 0 Å². The van der Waals surface area contributed by atoms with Crippen molar-refractivity contribution in [3.05, 3.63) is 40.2 Å². The van der Waals surface area contributed by atoms with Crippen LogP contribution in [0.1, 0.15) is 17.0 Å². The molecule has 1 heterocycles. The summed E-state index contributed by atoms with van der Waals surface area (Å²) in [5.41, 5.74) is 2.67. The van der Waals surface area contributed by atoms with Crippen molar-refractivity contribution >= 4 is 17.3 Å². The Morgan fingerprint density at radius 2 is 2.29 bits per heavy atom. The van der Waals surface area contributed by atoms with Crippen LogP contribution >= 0.6 is 11.6 Å². The summed E-state index contributed by atoms with van der Waals surface area (Å²) in [6.45, 7) is 2.25. The zero-order valence-electron chi connectivity index (χ0n) is 9.07. The molecule has 0 aliphatic rings. The van der Waals surface area contributed by atoms with E-state index in [4.69, 9.17) is 16.9 Å². The fourth-order valence-corrected chi connectivity index (χ4v) is 1.50. The topological polar surface area (TPSA) is 74.7 Å². The lowest BCUT2D eigenvalue weighted by Crippen LogP contribution is -2.02. The van der Waals surface area contributed by atoms with Crippen LogP contribution in [-0.2, 0) is 6.54 Å². The average molecular weight is 249 g/mol. The van der Waals surface area contributed by atoms with Crippen molar-refractivity contribution in [1.82, 2.24) is 10.3 Å². The molecule has 0 saturated carbocycles. The van der Waals surface area contributed by atoms with Gasteiger partial charge in [-0.05, 0) is 25.1 Å². The minimum Gasteiger partial charge on any atom is -0.378 e. The zero-order chi connectivity index (χ0) is 12.3. The minimum atomic E-state index is 0.448. The van der Waals surface area contributed by atoms with Crippen molar-refractivity contribution in [3.63, 3.8) is 0 Å². The lowest BCUT2D eigenvalue weighted by molar-refractivity contribution is 0.301. The largest absolute Gasteiger partial charge is 0.378 e. The van der Waals surface area contributed by atoms with Gasteiger partial charge in [-0.25, -0.2) is 4.63 Å². The Morgan fingerprint density at radius 1 is 1.47 bits per heavy atom. The van der Waals surface area contributed by atoms with Gasteiger partial charge < -0.3 is 5.32 Å². The third kappa shape index (κ3) is 2.55. The van der Waals surface area contributed by atoms with Gasteiger partial charge in [-0.15, -0.1) is 0 Å². The highest BCUT2D eigenvalue weighted by molar-refractivity contribution is 6.33. The fraction of sp³-hybridized carbons (Fsp3) is 0.182. The number of nitrogens with zero attached hydrogens (tertiary/aromatic N) is 3. The van der Waals surface area contributed by atoms with Crippen LogP contribution in [0.4, 0.5) is 5.69 Å². The Balaban J connectivity index is 2.14. The number of hydrogen-bond donors (Lipinski definition) is 1.